The first-order valence-electron chi connectivity index (χ1n) is 14.1. The van der Waals surface area contributed by atoms with Gasteiger partial charge in [-0.05, 0) is 110 Å². The lowest BCUT2D eigenvalue weighted by atomic mass is 9.33. The molecular weight excluding hydrogens is 436 g/mol. The van der Waals surface area contributed by atoms with Crippen LogP contribution in [0.15, 0.2) is 11.6 Å². The molecule has 0 saturated heterocycles. The minimum Gasteiger partial charge on any atom is -0.469 e. The maximum absolute atomic E-state index is 14.3. The Morgan fingerprint density at radius 1 is 0.943 bits per heavy atom. The number of allylic oxidation sites excluding steroid dienone is 2. The topological polar surface area (TPSA) is 63.6 Å². The van der Waals surface area contributed by atoms with E-state index in [9.17, 15) is 14.7 Å². The van der Waals surface area contributed by atoms with Gasteiger partial charge in [0.15, 0.2) is 5.78 Å². The Hall–Kier alpha value is -1.16. The van der Waals surface area contributed by atoms with Crippen LogP contribution < -0.4 is 0 Å². The van der Waals surface area contributed by atoms with Crippen LogP contribution in [0.1, 0.15) is 106 Å². The summed E-state index contributed by atoms with van der Waals surface area (Å²) in [6.07, 6.45) is 10.5. The fraction of sp³-hybridized carbons (Fsp3) is 0.871. The number of ether oxygens (including phenoxy) is 1. The Morgan fingerprint density at radius 3 is 2.26 bits per heavy atom. The first-order valence-corrected chi connectivity index (χ1v) is 14.1. The van der Waals surface area contributed by atoms with Crippen molar-refractivity contribution in [3.05, 3.63) is 11.6 Å². The Labute approximate surface area is 212 Å². The number of esters is 1. The van der Waals surface area contributed by atoms with Gasteiger partial charge in [0.05, 0.1) is 18.6 Å². The van der Waals surface area contributed by atoms with Gasteiger partial charge in [0.25, 0.3) is 0 Å². The Morgan fingerprint density at radius 2 is 1.60 bits per heavy atom. The van der Waals surface area contributed by atoms with Gasteiger partial charge >= 0.3 is 5.97 Å². The molecule has 5 rings (SSSR count). The number of hydrogen-bond acceptors (Lipinski definition) is 4. The lowest BCUT2D eigenvalue weighted by molar-refractivity contribution is -0.202. The summed E-state index contributed by atoms with van der Waals surface area (Å²) in [5, 5.41) is 10.9. The average Bonchev–Trinajstić information content (AvgIpc) is 2.78. The lowest BCUT2D eigenvalue weighted by Crippen LogP contribution is -2.66. The molecule has 0 radical (unpaired) electrons. The fourth-order valence-corrected chi connectivity index (χ4v) is 10.6. The van der Waals surface area contributed by atoms with Gasteiger partial charge in [-0.1, -0.05) is 47.1 Å². The number of aliphatic hydroxyl groups is 1. The van der Waals surface area contributed by atoms with Crippen molar-refractivity contribution in [1.82, 2.24) is 0 Å². The summed E-state index contributed by atoms with van der Waals surface area (Å²) in [7, 11) is 1.50. The molecule has 4 nitrogen and oxygen atoms in total. The largest absolute Gasteiger partial charge is 0.469 e. The minimum atomic E-state index is -0.480. The molecule has 0 bridgehead atoms. The van der Waals surface area contributed by atoms with Crippen molar-refractivity contribution >= 4 is 11.8 Å². The van der Waals surface area contributed by atoms with Crippen molar-refractivity contribution in [2.45, 2.75) is 112 Å². The number of methoxy groups -OCH3 is 1. The highest BCUT2D eigenvalue weighted by molar-refractivity contribution is 5.95. The second-order valence-electron chi connectivity index (χ2n) is 15.1. The van der Waals surface area contributed by atoms with E-state index in [0.717, 1.165) is 57.8 Å². The highest BCUT2D eigenvalue weighted by Gasteiger charge is 2.70. The van der Waals surface area contributed by atoms with E-state index in [2.05, 4.69) is 54.5 Å². The van der Waals surface area contributed by atoms with Crippen LogP contribution in [0.3, 0.4) is 0 Å². The van der Waals surface area contributed by atoms with E-state index in [4.69, 9.17) is 4.74 Å². The molecule has 9 atom stereocenters. The third-order valence-corrected chi connectivity index (χ3v) is 13.2. The van der Waals surface area contributed by atoms with Gasteiger partial charge in [0, 0.05) is 5.92 Å². The summed E-state index contributed by atoms with van der Waals surface area (Å²) in [6, 6.07) is 0. The number of carbonyl (C=O) groups is 2. The molecule has 196 valence electrons. The number of carbonyl (C=O) groups excluding carboxylic acids is 2. The zero-order valence-electron chi connectivity index (χ0n) is 23.4. The maximum Gasteiger partial charge on any atom is 0.311 e. The van der Waals surface area contributed by atoms with Crippen molar-refractivity contribution < 1.29 is 19.4 Å². The first-order chi connectivity index (χ1) is 16.1. The molecule has 4 fully saturated rings. The Bertz CT molecular complexity index is 980. The summed E-state index contributed by atoms with van der Waals surface area (Å²) in [6.45, 7) is 16.2. The van der Waals surface area contributed by atoms with E-state index in [-0.39, 0.29) is 51.0 Å². The molecule has 0 aromatic rings. The minimum absolute atomic E-state index is 0.00536. The van der Waals surface area contributed by atoms with Crippen LogP contribution in [0.2, 0.25) is 0 Å². The number of aliphatic hydroxyl groups excluding tert-OH is 1. The quantitative estimate of drug-likeness (QED) is 0.431. The van der Waals surface area contributed by atoms with Gasteiger partial charge in [0.2, 0.25) is 0 Å². The van der Waals surface area contributed by atoms with Crippen LogP contribution in [0.5, 0.6) is 0 Å². The summed E-state index contributed by atoms with van der Waals surface area (Å²) >= 11 is 0. The van der Waals surface area contributed by atoms with E-state index in [1.807, 2.05) is 0 Å². The smallest absolute Gasteiger partial charge is 0.311 e. The number of rotatable bonds is 1. The third-order valence-electron chi connectivity index (χ3n) is 13.2. The number of hydrogen-bond donors (Lipinski definition) is 1. The second kappa shape index (κ2) is 7.45. The molecule has 0 amide bonds. The molecule has 35 heavy (non-hydrogen) atoms. The van der Waals surface area contributed by atoms with Gasteiger partial charge < -0.3 is 9.84 Å². The predicted molar refractivity (Wildman–Crippen MR) is 137 cm³/mol. The molecule has 0 aromatic heterocycles. The average molecular weight is 485 g/mol. The molecule has 0 spiro atoms. The Kier molecular flexibility index (Phi) is 5.43. The summed E-state index contributed by atoms with van der Waals surface area (Å²) < 4.78 is 5.25. The van der Waals surface area contributed by atoms with Gasteiger partial charge in [-0.15, -0.1) is 0 Å². The summed E-state index contributed by atoms with van der Waals surface area (Å²) in [4.78, 5) is 27.1. The molecular formula is C31H48O4. The van der Waals surface area contributed by atoms with E-state index in [1.165, 1.54) is 12.7 Å². The van der Waals surface area contributed by atoms with Crippen LogP contribution in [-0.2, 0) is 14.3 Å². The van der Waals surface area contributed by atoms with Crippen molar-refractivity contribution in [3.8, 4) is 0 Å². The van der Waals surface area contributed by atoms with Crippen LogP contribution in [-0.4, -0.2) is 30.1 Å². The molecule has 4 heteroatoms. The van der Waals surface area contributed by atoms with E-state index >= 15 is 0 Å². The Balaban J connectivity index is 1.61. The van der Waals surface area contributed by atoms with Gasteiger partial charge in [-0.2, -0.15) is 0 Å². The highest BCUT2D eigenvalue weighted by atomic mass is 16.5. The number of fused-ring (bicyclic) bond motifs is 7. The van der Waals surface area contributed by atoms with Gasteiger partial charge in [-0.3, -0.25) is 9.59 Å². The standard InChI is InChI=1S/C31H48O4/c1-26(2)22-9-12-31(7)24(29(22,5)11-10-23(26)33)21(32)17-19-20-18-28(4,25(34)35-8)14-13-27(20,3)15-16-30(19,31)6/h17,20,22-24,33H,9-16,18H2,1-8H3/t20-,22-,23-,24-,27-,28+,29+,30-,31-/m1/s1. The molecule has 0 heterocycles. The normalized spacial score (nSPS) is 52.8. The first kappa shape index (κ1) is 25.5. The fourth-order valence-electron chi connectivity index (χ4n) is 10.6. The monoisotopic (exact) mass is 484 g/mol. The highest BCUT2D eigenvalue weighted by Crippen LogP contribution is 2.75. The van der Waals surface area contributed by atoms with Crippen molar-refractivity contribution in [3.63, 3.8) is 0 Å². The molecule has 5 aliphatic rings. The summed E-state index contributed by atoms with van der Waals surface area (Å²) in [5.41, 5.74) is 0.590. The molecule has 0 aromatic carbocycles. The summed E-state index contributed by atoms with van der Waals surface area (Å²) in [5.74, 6) is 0.805. The van der Waals surface area contributed by atoms with Crippen LogP contribution in [0.25, 0.3) is 0 Å². The lowest BCUT2D eigenvalue weighted by Gasteiger charge is -2.70. The van der Waals surface area contributed by atoms with E-state index in [1.54, 1.807) is 0 Å². The van der Waals surface area contributed by atoms with E-state index < -0.39 is 5.41 Å². The SMILES string of the molecule is COC(=O)[C@@]1(C)CC[C@]2(C)CC[C@]3(C)C(=CC(=O)[C@@H]4[C@@]5(C)CC[C@@H](O)C(C)(C)[C@H]5CC[C@]43C)[C@H]2C1. The molecule has 0 unspecified atom stereocenters. The molecule has 5 aliphatic carbocycles. The number of ketones is 1. The molecule has 1 N–H and O–H groups in total. The van der Waals surface area contributed by atoms with Crippen LogP contribution >= 0.6 is 0 Å². The maximum atomic E-state index is 14.3. The van der Waals surface area contributed by atoms with Gasteiger partial charge in [0.1, 0.15) is 0 Å². The van der Waals surface area contributed by atoms with Crippen molar-refractivity contribution in [2.24, 2.45) is 50.2 Å². The van der Waals surface area contributed by atoms with Gasteiger partial charge in [-0.25, -0.2) is 0 Å². The zero-order valence-corrected chi connectivity index (χ0v) is 23.4. The molecule has 0 aliphatic heterocycles. The van der Waals surface area contributed by atoms with Crippen LogP contribution in [0, 0.1) is 50.2 Å². The third kappa shape index (κ3) is 3.07. The zero-order chi connectivity index (χ0) is 25.8. The molecule has 4 saturated carbocycles. The van der Waals surface area contributed by atoms with E-state index in [0.29, 0.717) is 11.7 Å². The predicted octanol–water partition coefficient (Wildman–Crippen LogP) is 6.50. The van der Waals surface area contributed by atoms with Crippen molar-refractivity contribution in [1.29, 1.82) is 0 Å². The van der Waals surface area contributed by atoms with Crippen LogP contribution in [0.4, 0.5) is 0 Å². The second-order valence-corrected chi connectivity index (χ2v) is 15.1. The van der Waals surface area contributed by atoms with Crippen molar-refractivity contribution in [2.75, 3.05) is 7.11 Å².